The topological polar surface area (TPSA) is 445 Å². The van der Waals surface area contributed by atoms with E-state index in [1.807, 2.05) is 0 Å². The molecule has 0 aliphatic carbocycles. The van der Waals surface area contributed by atoms with Crippen molar-refractivity contribution in [3.63, 3.8) is 0 Å². The zero-order valence-electron chi connectivity index (χ0n) is 43.6. The van der Waals surface area contributed by atoms with Crippen LogP contribution in [-0.2, 0) is 46.3 Å². The lowest BCUT2D eigenvalue weighted by Gasteiger charge is -2.29. The number of amides is 2. The van der Waals surface area contributed by atoms with Gasteiger partial charge >= 0.3 is 48.0 Å². The second kappa shape index (κ2) is 29.4. The number of esters is 2. The van der Waals surface area contributed by atoms with Crippen LogP contribution in [0.1, 0.15) is 78.2 Å². The number of fused-ring (bicyclic) bond motifs is 4. The Morgan fingerprint density at radius 1 is 0.578 bits per heavy atom. The van der Waals surface area contributed by atoms with E-state index in [4.69, 9.17) is 61.3 Å². The number of para-hydroxylation sites is 2. The molecule has 2 aliphatic heterocycles. The predicted molar refractivity (Wildman–Crippen MR) is 279 cm³/mol. The van der Waals surface area contributed by atoms with E-state index >= 15 is 0 Å². The number of guanidine groups is 2. The number of carbonyl (C=O) groups excluding carboxylic acids is 4. The number of hydrogen-bond acceptors (Lipinski definition) is 17. The summed E-state index contributed by atoms with van der Waals surface area (Å²) in [6, 6.07) is 13.4. The summed E-state index contributed by atoms with van der Waals surface area (Å²) in [7, 11) is 0. The molecule has 444 valence electrons. The Labute approximate surface area is 467 Å². The van der Waals surface area contributed by atoms with E-state index in [9.17, 15) is 72.0 Å². The maximum Gasteiger partial charge on any atom is 0.490 e. The zero-order chi connectivity index (χ0) is 61.1. The van der Waals surface area contributed by atoms with Gasteiger partial charge in [-0.3, -0.25) is 19.2 Å². The molecule has 83 heavy (non-hydrogen) atoms. The smallest absolute Gasteiger partial charge is 0.489 e. The Kier molecular flexibility index (Phi) is 22.6. The Hall–Kier alpha value is -10.0. The fraction of sp³-hybridized carbons (Fsp3) is 0.327. The van der Waals surface area contributed by atoms with E-state index < -0.39 is 97.8 Å². The Morgan fingerprint density at radius 2 is 0.952 bits per heavy atom. The number of halogens is 3. The van der Waals surface area contributed by atoms with E-state index in [-0.39, 0.29) is 96.8 Å². The fourth-order valence-corrected chi connectivity index (χ4v) is 8.17. The van der Waals surface area contributed by atoms with Crippen molar-refractivity contribution in [1.29, 1.82) is 0 Å². The minimum atomic E-state index is -5.08. The standard InChI is InChI=1S/C50H54N8O18.C2HF3O2/c51-49(52)55-29-11-13-31-27(23-29)5-3-17-73-41-33(7-1-9-37(41)75-47(31)69)43(63)57(35(45(65)66)25-39(59)60)15-19-71-21-22-72-20-16-58(36(46(67)68)26-40(61)62)44(64)34-8-2-10-38-42(34)74-18-4-6-28-24-30(56-50(53)54)12-14-32(28)48(70)76-38;3-2(4,5)1(6)7/h1-2,7-14,23-24,35-36H,3-6,15-22,25-26H2,(H,59,60)(H,61,62)(H,65,66)(H,67,68)(H4,51,52,55)(H4,53,54,56);(H,6,7)/t35-,36-;/m1./s1. The van der Waals surface area contributed by atoms with Crippen LogP contribution in [0.3, 0.4) is 0 Å². The van der Waals surface area contributed by atoms with Crippen LogP contribution in [0.4, 0.5) is 24.5 Å². The van der Waals surface area contributed by atoms with Crippen molar-refractivity contribution < 1.29 is 110 Å². The Morgan fingerprint density at radius 3 is 1.28 bits per heavy atom. The number of alkyl halides is 3. The number of ether oxygens (including phenoxy) is 6. The molecule has 0 saturated carbocycles. The van der Waals surface area contributed by atoms with Crippen LogP contribution in [0.25, 0.3) is 0 Å². The van der Waals surface area contributed by atoms with Crippen molar-refractivity contribution in [2.24, 2.45) is 32.9 Å². The number of nitrogens with two attached hydrogens (primary N) is 4. The first-order valence-electron chi connectivity index (χ1n) is 24.6. The molecule has 0 fully saturated rings. The summed E-state index contributed by atoms with van der Waals surface area (Å²) in [5.41, 5.74) is 23.8. The molecule has 4 aromatic carbocycles. The summed E-state index contributed by atoms with van der Waals surface area (Å²) in [6.45, 7) is -2.20. The van der Waals surface area contributed by atoms with Gasteiger partial charge in [0.25, 0.3) is 11.8 Å². The first-order valence-corrected chi connectivity index (χ1v) is 24.6. The number of aliphatic imine (C=N–C) groups is 2. The minimum absolute atomic E-state index is 0.00885. The van der Waals surface area contributed by atoms with Crippen LogP contribution in [0.2, 0.25) is 0 Å². The molecule has 0 saturated heterocycles. The van der Waals surface area contributed by atoms with E-state index in [1.165, 1.54) is 60.7 Å². The lowest BCUT2D eigenvalue weighted by molar-refractivity contribution is -0.192. The number of carbonyl (C=O) groups is 9. The molecule has 0 spiro atoms. The Bertz CT molecular complexity index is 2970. The molecular formula is C52H55F3N8O20. The van der Waals surface area contributed by atoms with Crippen LogP contribution in [0.15, 0.2) is 82.8 Å². The number of rotatable bonds is 21. The molecule has 28 nitrogen and oxygen atoms in total. The van der Waals surface area contributed by atoms with E-state index in [1.54, 1.807) is 12.1 Å². The molecule has 2 heterocycles. The third-order valence-corrected chi connectivity index (χ3v) is 11.8. The molecule has 2 amide bonds. The molecule has 13 N–H and O–H groups in total. The number of benzene rings is 4. The van der Waals surface area contributed by atoms with Gasteiger partial charge in [-0.05, 0) is 97.5 Å². The van der Waals surface area contributed by atoms with Gasteiger partial charge in [-0.2, -0.15) is 13.2 Å². The Balaban J connectivity index is 0.00000169. The zero-order valence-corrected chi connectivity index (χ0v) is 43.6. The van der Waals surface area contributed by atoms with Crippen LogP contribution < -0.4 is 41.9 Å². The number of carboxylic acids is 5. The van der Waals surface area contributed by atoms with Crippen LogP contribution in [0.5, 0.6) is 23.0 Å². The highest BCUT2D eigenvalue weighted by atomic mass is 19.4. The van der Waals surface area contributed by atoms with Gasteiger partial charge < -0.3 is 86.7 Å². The maximum absolute atomic E-state index is 14.3. The maximum atomic E-state index is 14.3. The highest BCUT2D eigenvalue weighted by molar-refractivity contribution is 6.02. The molecule has 2 atom stereocenters. The van der Waals surface area contributed by atoms with E-state index in [0.29, 0.717) is 48.2 Å². The number of nitrogens with zero attached hydrogens (tertiary/aromatic N) is 4. The molecule has 0 aromatic heterocycles. The summed E-state index contributed by atoms with van der Waals surface area (Å²) >= 11 is 0. The lowest BCUT2D eigenvalue weighted by atomic mass is 10.0. The third-order valence-electron chi connectivity index (χ3n) is 11.8. The first kappa shape index (κ1) is 63.8. The molecule has 2 aliphatic rings. The second-order valence-electron chi connectivity index (χ2n) is 17.6. The molecular weight excluding hydrogens is 1110 g/mol. The normalized spacial score (nSPS) is 13.6. The van der Waals surface area contributed by atoms with Gasteiger partial charge in [0, 0.05) is 13.1 Å². The predicted octanol–water partition coefficient (Wildman–Crippen LogP) is 2.69. The summed E-state index contributed by atoms with van der Waals surface area (Å²) in [5.74, 6) is -13.9. The summed E-state index contributed by atoms with van der Waals surface area (Å²) < 4.78 is 66.4. The van der Waals surface area contributed by atoms with Crippen molar-refractivity contribution in [3.05, 3.63) is 106 Å². The largest absolute Gasteiger partial charge is 0.490 e. The second-order valence-corrected chi connectivity index (χ2v) is 17.6. The van der Waals surface area contributed by atoms with Gasteiger partial charge in [-0.1, -0.05) is 12.1 Å². The third kappa shape index (κ3) is 18.2. The molecule has 0 bridgehead atoms. The highest BCUT2D eigenvalue weighted by Gasteiger charge is 2.39. The first-order chi connectivity index (χ1) is 39.3. The number of aryl methyl sites for hydroxylation is 2. The summed E-state index contributed by atoms with van der Waals surface area (Å²) in [4.78, 5) is 123. The summed E-state index contributed by atoms with van der Waals surface area (Å²) in [5, 5.41) is 46.7. The van der Waals surface area contributed by atoms with Gasteiger partial charge in [0.15, 0.2) is 34.9 Å². The summed E-state index contributed by atoms with van der Waals surface area (Å²) in [6.07, 6.45) is -5.86. The number of hydrogen-bond donors (Lipinski definition) is 9. The lowest BCUT2D eigenvalue weighted by Crippen LogP contribution is -2.48. The monoisotopic (exact) mass is 1170 g/mol. The fourth-order valence-electron chi connectivity index (χ4n) is 8.17. The van der Waals surface area contributed by atoms with Crippen molar-refractivity contribution in [1.82, 2.24) is 9.80 Å². The van der Waals surface area contributed by atoms with E-state index in [0.717, 1.165) is 9.80 Å². The molecule has 0 unspecified atom stereocenters. The number of carboxylic acid groups (broad SMARTS) is 5. The van der Waals surface area contributed by atoms with Crippen molar-refractivity contribution in [3.8, 4) is 23.0 Å². The average Bonchev–Trinajstić information content (AvgIpc) is 3.34. The van der Waals surface area contributed by atoms with Gasteiger partial charge in [0.2, 0.25) is 0 Å². The quantitative estimate of drug-likeness (QED) is 0.0190. The van der Waals surface area contributed by atoms with Crippen molar-refractivity contribution >= 4 is 76.9 Å². The molecule has 6 rings (SSSR count). The minimum Gasteiger partial charge on any atom is -0.489 e. The van der Waals surface area contributed by atoms with Gasteiger partial charge in [0.1, 0.15) is 12.1 Å². The molecule has 4 aromatic rings. The van der Waals surface area contributed by atoms with Gasteiger partial charge in [0.05, 0.1) is 86.1 Å². The van der Waals surface area contributed by atoms with Crippen LogP contribution >= 0.6 is 0 Å². The molecule has 31 heteroatoms. The number of aliphatic carboxylic acids is 5. The van der Waals surface area contributed by atoms with Crippen molar-refractivity contribution in [2.75, 3.05) is 52.7 Å². The van der Waals surface area contributed by atoms with Crippen molar-refractivity contribution in [2.45, 2.75) is 56.8 Å². The van der Waals surface area contributed by atoms with Gasteiger partial charge in [-0.15, -0.1) is 0 Å². The van der Waals surface area contributed by atoms with Crippen LogP contribution in [0, 0.1) is 0 Å². The highest BCUT2D eigenvalue weighted by Crippen LogP contribution is 2.37. The van der Waals surface area contributed by atoms with Crippen LogP contribution in [-0.4, -0.2) is 172 Å². The van der Waals surface area contributed by atoms with Gasteiger partial charge in [-0.25, -0.2) is 34.0 Å². The molecule has 0 radical (unpaired) electrons. The SMILES string of the molecule is NC(N)=Nc1ccc2c(c1)CCCOc1c(cccc1C(=O)N(CCOCCOCCN(C(=O)c1cccc3c1OCCCc1cc(N=C(N)N)ccc1C(=O)O3)[C@H](CC(=O)O)C(=O)O)[C@H](CC(=O)O)C(=O)O)OC2=O.O=C(O)C(F)(F)F. The average molecular weight is 1170 g/mol. The van der Waals surface area contributed by atoms with E-state index in [2.05, 4.69) is 9.98 Å².